The van der Waals surface area contributed by atoms with Crippen molar-refractivity contribution in [2.24, 2.45) is 0 Å². The van der Waals surface area contributed by atoms with E-state index in [9.17, 15) is 4.79 Å². The van der Waals surface area contributed by atoms with Gasteiger partial charge >= 0.3 is 0 Å². The Kier molecular flexibility index (Phi) is 3.32. The largest absolute Gasteiger partial charge is 0.480 e. The topological polar surface area (TPSA) is 51.2 Å². The lowest BCUT2D eigenvalue weighted by atomic mass is 10.1. The van der Waals surface area contributed by atoms with E-state index < -0.39 is 6.10 Å². The molecule has 0 aliphatic carbocycles. The van der Waals surface area contributed by atoms with Crippen LogP contribution in [-0.2, 0) is 11.2 Å². The number of pyridine rings is 1. The van der Waals surface area contributed by atoms with Gasteiger partial charge in [-0.05, 0) is 42.8 Å². The number of rotatable bonds is 2. The van der Waals surface area contributed by atoms with E-state index in [2.05, 4.69) is 10.3 Å². The van der Waals surface area contributed by atoms with Crippen molar-refractivity contribution < 1.29 is 9.53 Å². The van der Waals surface area contributed by atoms with E-state index in [1.54, 1.807) is 18.2 Å². The number of benzene rings is 1. The zero-order chi connectivity index (χ0) is 14.1. The van der Waals surface area contributed by atoms with Crippen LogP contribution in [0.3, 0.4) is 0 Å². The average Bonchev–Trinajstić information content (AvgIpc) is 2.81. The molecule has 2 heterocycles. The minimum absolute atomic E-state index is 0.199. The van der Waals surface area contributed by atoms with Crippen LogP contribution in [-0.4, -0.2) is 17.0 Å². The van der Waals surface area contributed by atoms with Gasteiger partial charge < -0.3 is 10.1 Å². The van der Waals surface area contributed by atoms with Gasteiger partial charge in [-0.15, -0.1) is 0 Å². The number of carbonyl (C=O) groups excluding carboxylic acids is 1. The highest BCUT2D eigenvalue weighted by atomic mass is 35.5. The van der Waals surface area contributed by atoms with Crippen LogP contribution in [0.25, 0.3) is 0 Å². The lowest BCUT2D eigenvalue weighted by molar-refractivity contribution is -0.122. The molecule has 1 unspecified atom stereocenters. The van der Waals surface area contributed by atoms with E-state index in [-0.39, 0.29) is 5.91 Å². The molecule has 0 spiro atoms. The van der Waals surface area contributed by atoms with E-state index >= 15 is 0 Å². The molecule has 0 bridgehead atoms. The molecule has 1 amide bonds. The maximum absolute atomic E-state index is 12.2. The number of halogens is 1. The van der Waals surface area contributed by atoms with Gasteiger partial charge in [0.2, 0.25) is 0 Å². The molecule has 1 N–H and O–H groups in total. The van der Waals surface area contributed by atoms with Crippen LogP contribution < -0.4 is 10.1 Å². The quantitative estimate of drug-likeness (QED) is 0.924. The Labute approximate surface area is 121 Å². The first-order chi connectivity index (χ1) is 9.61. The lowest BCUT2D eigenvalue weighted by Crippen LogP contribution is -2.31. The number of ether oxygens (including phenoxy) is 1. The van der Waals surface area contributed by atoms with E-state index in [1.807, 2.05) is 25.1 Å². The van der Waals surface area contributed by atoms with E-state index in [0.717, 1.165) is 11.3 Å². The predicted molar refractivity (Wildman–Crippen MR) is 77.2 cm³/mol. The Morgan fingerprint density at radius 3 is 3.05 bits per heavy atom. The van der Waals surface area contributed by atoms with Crippen molar-refractivity contribution in [2.45, 2.75) is 19.4 Å². The van der Waals surface area contributed by atoms with Gasteiger partial charge in [-0.3, -0.25) is 4.79 Å². The van der Waals surface area contributed by atoms with Crippen LogP contribution in [0.1, 0.15) is 11.3 Å². The number of amides is 1. The third-order valence-corrected chi connectivity index (χ3v) is 3.36. The maximum atomic E-state index is 12.2. The van der Waals surface area contributed by atoms with Crippen molar-refractivity contribution in [1.29, 1.82) is 0 Å². The highest BCUT2D eigenvalue weighted by Gasteiger charge is 2.29. The van der Waals surface area contributed by atoms with Gasteiger partial charge in [-0.1, -0.05) is 17.7 Å². The number of aryl methyl sites for hydroxylation is 1. The summed E-state index contributed by atoms with van der Waals surface area (Å²) in [4.78, 5) is 16.4. The molecule has 1 aromatic carbocycles. The molecule has 102 valence electrons. The zero-order valence-electron chi connectivity index (χ0n) is 10.9. The smallest absolute Gasteiger partial charge is 0.266 e. The molecule has 0 radical (unpaired) electrons. The van der Waals surface area contributed by atoms with Gasteiger partial charge in [0, 0.05) is 17.1 Å². The minimum atomic E-state index is -0.536. The predicted octanol–water partition coefficient (Wildman–Crippen LogP) is 2.99. The molecule has 3 rings (SSSR count). The summed E-state index contributed by atoms with van der Waals surface area (Å²) in [5, 5.41) is 3.41. The van der Waals surface area contributed by atoms with Crippen molar-refractivity contribution in [2.75, 3.05) is 5.32 Å². The van der Waals surface area contributed by atoms with E-state index in [4.69, 9.17) is 16.3 Å². The van der Waals surface area contributed by atoms with Crippen LogP contribution >= 0.6 is 11.6 Å². The van der Waals surface area contributed by atoms with Gasteiger partial charge in [-0.25, -0.2) is 4.98 Å². The second kappa shape index (κ2) is 5.13. The van der Waals surface area contributed by atoms with Gasteiger partial charge in [0.15, 0.2) is 6.10 Å². The summed E-state index contributed by atoms with van der Waals surface area (Å²) in [6.45, 7) is 1.87. The molecular formula is C15H13ClN2O2. The minimum Gasteiger partial charge on any atom is -0.480 e. The second-order valence-electron chi connectivity index (χ2n) is 4.72. The average molecular weight is 289 g/mol. The summed E-state index contributed by atoms with van der Waals surface area (Å²) in [5.74, 6) is 1.05. The number of anilines is 1. The molecule has 20 heavy (non-hydrogen) atoms. The Morgan fingerprint density at radius 1 is 1.40 bits per heavy atom. The molecule has 1 aliphatic heterocycles. The Bertz CT molecular complexity index is 673. The number of hydrogen-bond acceptors (Lipinski definition) is 3. The highest BCUT2D eigenvalue weighted by molar-refractivity contribution is 6.30. The fourth-order valence-electron chi connectivity index (χ4n) is 2.18. The Hall–Kier alpha value is -2.07. The molecule has 5 heteroatoms. The number of carbonyl (C=O) groups is 1. The zero-order valence-corrected chi connectivity index (χ0v) is 11.6. The van der Waals surface area contributed by atoms with E-state index in [1.165, 1.54) is 0 Å². The van der Waals surface area contributed by atoms with Gasteiger partial charge in [0.05, 0.1) is 0 Å². The Balaban J connectivity index is 1.71. The van der Waals surface area contributed by atoms with Crippen LogP contribution in [0.2, 0.25) is 5.02 Å². The summed E-state index contributed by atoms with van der Waals surface area (Å²) < 4.78 is 5.63. The standard InChI is InChI=1S/C15H13ClN2O2/c1-9-3-2-4-14(17-9)18-15(19)13-8-10-7-11(16)5-6-12(10)20-13/h2-7,13H,8H2,1H3,(H,17,18,19). The second-order valence-corrected chi connectivity index (χ2v) is 5.15. The molecule has 0 saturated carbocycles. The van der Waals surface area contributed by atoms with Crippen molar-refractivity contribution in [3.63, 3.8) is 0 Å². The van der Waals surface area contributed by atoms with Gasteiger partial charge in [0.1, 0.15) is 11.6 Å². The summed E-state index contributed by atoms with van der Waals surface area (Å²) >= 11 is 5.93. The number of hydrogen-bond donors (Lipinski definition) is 1. The molecule has 0 saturated heterocycles. The third kappa shape index (κ3) is 2.60. The molecule has 4 nitrogen and oxygen atoms in total. The lowest BCUT2D eigenvalue weighted by Gasteiger charge is -2.11. The fraction of sp³-hybridized carbons (Fsp3) is 0.200. The van der Waals surface area contributed by atoms with Crippen molar-refractivity contribution in [1.82, 2.24) is 4.98 Å². The van der Waals surface area contributed by atoms with Crippen molar-refractivity contribution in [3.8, 4) is 5.75 Å². The maximum Gasteiger partial charge on any atom is 0.266 e. The van der Waals surface area contributed by atoms with Crippen LogP contribution in [0.4, 0.5) is 5.82 Å². The SMILES string of the molecule is Cc1cccc(NC(=O)C2Cc3cc(Cl)ccc3O2)n1. The molecular weight excluding hydrogens is 276 g/mol. The summed E-state index contributed by atoms with van der Waals surface area (Å²) in [6, 6.07) is 10.8. The number of nitrogens with zero attached hydrogens (tertiary/aromatic N) is 1. The first-order valence-corrected chi connectivity index (χ1v) is 6.69. The normalized spacial score (nSPS) is 16.4. The van der Waals surface area contributed by atoms with Gasteiger partial charge in [0.25, 0.3) is 5.91 Å². The van der Waals surface area contributed by atoms with Crippen molar-refractivity contribution in [3.05, 3.63) is 52.7 Å². The monoisotopic (exact) mass is 288 g/mol. The Morgan fingerprint density at radius 2 is 2.25 bits per heavy atom. The first-order valence-electron chi connectivity index (χ1n) is 6.31. The number of fused-ring (bicyclic) bond motifs is 1. The molecule has 1 atom stereocenters. The first kappa shape index (κ1) is 12.9. The van der Waals surface area contributed by atoms with Crippen molar-refractivity contribution >= 4 is 23.3 Å². The van der Waals surface area contributed by atoms with Crippen LogP contribution in [0.15, 0.2) is 36.4 Å². The number of aromatic nitrogens is 1. The van der Waals surface area contributed by atoms with E-state index in [0.29, 0.717) is 23.0 Å². The fourth-order valence-corrected chi connectivity index (χ4v) is 2.38. The third-order valence-electron chi connectivity index (χ3n) is 3.13. The summed E-state index contributed by atoms with van der Waals surface area (Å²) in [5.41, 5.74) is 1.81. The summed E-state index contributed by atoms with van der Waals surface area (Å²) in [7, 11) is 0. The van der Waals surface area contributed by atoms with Gasteiger partial charge in [-0.2, -0.15) is 0 Å². The number of nitrogens with one attached hydrogen (secondary N) is 1. The molecule has 0 fully saturated rings. The highest BCUT2D eigenvalue weighted by Crippen LogP contribution is 2.31. The van der Waals surface area contributed by atoms with Crippen LogP contribution in [0.5, 0.6) is 5.75 Å². The molecule has 1 aliphatic rings. The van der Waals surface area contributed by atoms with Crippen LogP contribution in [0, 0.1) is 6.92 Å². The summed E-state index contributed by atoms with van der Waals surface area (Å²) in [6.07, 6.45) is -0.0149. The molecule has 2 aromatic rings. The molecule has 1 aromatic heterocycles.